The summed E-state index contributed by atoms with van der Waals surface area (Å²) in [4.78, 5) is 12.2. The van der Waals surface area contributed by atoms with E-state index in [1.807, 2.05) is 67.9 Å². The first-order chi connectivity index (χ1) is 12.5. The molecule has 0 saturated carbocycles. The van der Waals surface area contributed by atoms with Crippen LogP contribution in [0.25, 0.3) is 0 Å². The second-order valence-corrected chi connectivity index (χ2v) is 6.39. The van der Waals surface area contributed by atoms with E-state index in [1.54, 1.807) is 18.3 Å². The molecule has 0 aliphatic carbocycles. The SMILES string of the molecule is Cc1ccc(/C=N/NC(=O)c2ccc(Cn3nc(C)cc3C)cc2)cc1. The summed E-state index contributed by atoms with van der Waals surface area (Å²) in [5.41, 5.74) is 8.47. The van der Waals surface area contributed by atoms with Crippen LogP contribution in [0, 0.1) is 20.8 Å². The van der Waals surface area contributed by atoms with E-state index < -0.39 is 0 Å². The third-order valence-corrected chi connectivity index (χ3v) is 4.11. The van der Waals surface area contributed by atoms with Crippen molar-refractivity contribution in [2.24, 2.45) is 5.10 Å². The molecule has 26 heavy (non-hydrogen) atoms. The molecule has 0 bridgehead atoms. The van der Waals surface area contributed by atoms with Crippen molar-refractivity contribution in [2.75, 3.05) is 0 Å². The zero-order valence-corrected chi connectivity index (χ0v) is 15.2. The highest BCUT2D eigenvalue weighted by Crippen LogP contribution is 2.09. The van der Waals surface area contributed by atoms with Gasteiger partial charge < -0.3 is 0 Å². The molecule has 5 heteroatoms. The maximum atomic E-state index is 12.2. The van der Waals surface area contributed by atoms with E-state index in [0.29, 0.717) is 12.1 Å². The van der Waals surface area contributed by atoms with E-state index in [1.165, 1.54) is 5.56 Å². The van der Waals surface area contributed by atoms with Gasteiger partial charge in [0, 0.05) is 11.3 Å². The summed E-state index contributed by atoms with van der Waals surface area (Å²) >= 11 is 0. The summed E-state index contributed by atoms with van der Waals surface area (Å²) in [6, 6.07) is 17.5. The maximum absolute atomic E-state index is 12.2. The molecule has 0 spiro atoms. The fraction of sp³-hybridized carbons (Fsp3) is 0.190. The fourth-order valence-corrected chi connectivity index (χ4v) is 2.65. The number of nitrogens with one attached hydrogen (secondary N) is 1. The lowest BCUT2D eigenvalue weighted by Gasteiger charge is -2.06. The summed E-state index contributed by atoms with van der Waals surface area (Å²) < 4.78 is 1.95. The highest BCUT2D eigenvalue weighted by atomic mass is 16.2. The third-order valence-electron chi connectivity index (χ3n) is 4.11. The molecular formula is C21H22N4O. The molecule has 0 aliphatic rings. The zero-order chi connectivity index (χ0) is 18.5. The van der Waals surface area contributed by atoms with Crippen LogP contribution >= 0.6 is 0 Å². The summed E-state index contributed by atoms with van der Waals surface area (Å²) in [7, 11) is 0. The largest absolute Gasteiger partial charge is 0.271 e. The van der Waals surface area contributed by atoms with Gasteiger partial charge in [0.25, 0.3) is 5.91 Å². The molecule has 1 aromatic heterocycles. The summed E-state index contributed by atoms with van der Waals surface area (Å²) in [5, 5.41) is 8.47. The second-order valence-electron chi connectivity index (χ2n) is 6.39. The smallest absolute Gasteiger partial charge is 0.267 e. The molecule has 3 rings (SSSR count). The molecule has 0 radical (unpaired) electrons. The summed E-state index contributed by atoms with van der Waals surface area (Å²) in [6.07, 6.45) is 1.63. The van der Waals surface area contributed by atoms with E-state index in [-0.39, 0.29) is 5.91 Å². The quantitative estimate of drug-likeness (QED) is 0.566. The minimum atomic E-state index is -0.231. The Morgan fingerprint density at radius 1 is 1.08 bits per heavy atom. The van der Waals surface area contributed by atoms with Crippen molar-refractivity contribution >= 4 is 12.1 Å². The Bertz CT molecular complexity index is 922. The van der Waals surface area contributed by atoms with Crippen molar-refractivity contribution in [3.05, 3.63) is 88.2 Å². The van der Waals surface area contributed by atoms with Gasteiger partial charge in [-0.05, 0) is 50.1 Å². The van der Waals surface area contributed by atoms with Crippen LogP contribution in [-0.4, -0.2) is 21.9 Å². The van der Waals surface area contributed by atoms with Crippen LogP contribution in [0.4, 0.5) is 0 Å². The number of benzene rings is 2. The number of hydrazone groups is 1. The number of aryl methyl sites for hydroxylation is 3. The normalized spacial score (nSPS) is 11.0. The van der Waals surface area contributed by atoms with Crippen molar-refractivity contribution < 1.29 is 4.79 Å². The van der Waals surface area contributed by atoms with E-state index in [0.717, 1.165) is 22.5 Å². The molecule has 0 atom stereocenters. The van der Waals surface area contributed by atoms with Crippen LogP contribution < -0.4 is 5.43 Å². The number of hydrogen-bond donors (Lipinski definition) is 1. The van der Waals surface area contributed by atoms with Crippen LogP contribution in [0.15, 0.2) is 59.7 Å². The van der Waals surface area contributed by atoms with Gasteiger partial charge in [0.1, 0.15) is 0 Å². The van der Waals surface area contributed by atoms with E-state index in [2.05, 4.69) is 15.6 Å². The lowest BCUT2D eigenvalue weighted by molar-refractivity contribution is 0.0955. The number of nitrogens with zero attached hydrogens (tertiary/aromatic N) is 3. The lowest BCUT2D eigenvalue weighted by Crippen LogP contribution is -2.17. The molecule has 0 saturated heterocycles. The Kier molecular flexibility index (Phi) is 5.27. The van der Waals surface area contributed by atoms with Crippen LogP contribution in [-0.2, 0) is 6.54 Å². The number of carbonyl (C=O) groups excluding carboxylic acids is 1. The van der Waals surface area contributed by atoms with E-state index in [4.69, 9.17) is 0 Å². The van der Waals surface area contributed by atoms with Gasteiger partial charge in [0.15, 0.2) is 0 Å². The fourth-order valence-electron chi connectivity index (χ4n) is 2.65. The molecule has 0 unspecified atom stereocenters. The average Bonchev–Trinajstić information content (AvgIpc) is 2.94. The predicted octanol–water partition coefficient (Wildman–Crippen LogP) is 3.62. The van der Waals surface area contributed by atoms with Crippen molar-refractivity contribution in [2.45, 2.75) is 27.3 Å². The van der Waals surface area contributed by atoms with Crippen molar-refractivity contribution in [1.82, 2.24) is 15.2 Å². The van der Waals surface area contributed by atoms with Crippen molar-refractivity contribution in [1.29, 1.82) is 0 Å². The molecule has 2 aromatic carbocycles. The van der Waals surface area contributed by atoms with Crippen molar-refractivity contribution in [3.8, 4) is 0 Å². The number of aromatic nitrogens is 2. The third kappa shape index (κ3) is 4.45. The molecule has 1 amide bonds. The van der Waals surface area contributed by atoms with Gasteiger partial charge in [-0.25, -0.2) is 5.43 Å². The molecule has 1 N–H and O–H groups in total. The zero-order valence-electron chi connectivity index (χ0n) is 15.2. The average molecular weight is 346 g/mol. The van der Waals surface area contributed by atoms with Crippen molar-refractivity contribution in [3.63, 3.8) is 0 Å². The van der Waals surface area contributed by atoms with Gasteiger partial charge in [-0.1, -0.05) is 42.0 Å². The van der Waals surface area contributed by atoms with Gasteiger partial charge in [-0.15, -0.1) is 0 Å². The Labute approximate surface area is 153 Å². The molecule has 132 valence electrons. The number of hydrogen-bond acceptors (Lipinski definition) is 3. The van der Waals surface area contributed by atoms with Gasteiger partial charge in [0.05, 0.1) is 18.5 Å². The minimum absolute atomic E-state index is 0.231. The van der Waals surface area contributed by atoms with Gasteiger partial charge in [-0.2, -0.15) is 10.2 Å². The first-order valence-electron chi connectivity index (χ1n) is 8.51. The number of amides is 1. The topological polar surface area (TPSA) is 59.3 Å². The van der Waals surface area contributed by atoms with Gasteiger partial charge >= 0.3 is 0 Å². The molecule has 5 nitrogen and oxygen atoms in total. The highest BCUT2D eigenvalue weighted by Gasteiger charge is 2.06. The second kappa shape index (κ2) is 7.78. The monoisotopic (exact) mass is 346 g/mol. The molecular weight excluding hydrogens is 324 g/mol. The van der Waals surface area contributed by atoms with Crippen LogP contribution in [0.3, 0.4) is 0 Å². The standard InChI is InChI=1S/C21H22N4O/c1-15-4-6-18(7-5-15)13-22-23-21(26)20-10-8-19(9-11-20)14-25-17(3)12-16(2)24-25/h4-13H,14H2,1-3H3,(H,23,26)/b22-13+. The molecule has 3 aromatic rings. The van der Waals surface area contributed by atoms with E-state index in [9.17, 15) is 4.79 Å². The predicted molar refractivity (Wildman–Crippen MR) is 103 cm³/mol. The Morgan fingerprint density at radius 3 is 2.38 bits per heavy atom. The van der Waals surface area contributed by atoms with Gasteiger partial charge in [0.2, 0.25) is 0 Å². The molecule has 1 heterocycles. The first kappa shape index (κ1) is 17.6. The maximum Gasteiger partial charge on any atom is 0.271 e. The van der Waals surface area contributed by atoms with Crippen LogP contribution in [0.5, 0.6) is 0 Å². The van der Waals surface area contributed by atoms with Crippen LogP contribution in [0.1, 0.15) is 38.4 Å². The number of rotatable bonds is 5. The Morgan fingerprint density at radius 2 is 1.77 bits per heavy atom. The lowest BCUT2D eigenvalue weighted by atomic mass is 10.1. The van der Waals surface area contributed by atoms with Crippen LogP contribution in [0.2, 0.25) is 0 Å². The Hall–Kier alpha value is -3.21. The van der Waals surface area contributed by atoms with E-state index >= 15 is 0 Å². The highest BCUT2D eigenvalue weighted by molar-refractivity contribution is 5.94. The first-order valence-corrected chi connectivity index (χ1v) is 8.51. The molecule has 0 aliphatic heterocycles. The minimum Gasteiger partial charge on any atom is -0.267 e. The summed E-state index contributed by atoms with van der Waals surface area (Å²) in [6.45, 7) is 6.73. The molecule has 0 fully saturated rings. The van der Waals surface area contributed by atoms with Gasteiger partial charge in [-0.3, -0.25) is 9.48 Å². The number of carbonyl (C=O) groups is 1. The summed E-state index contributed by atoms with van der Waals surface area (Å²) in [5.74, 6) is -0.231. The Balaban J connectivity index is 1.59.